The zero-order chi connectivity index (χ0) is 13.3. The summed E-state index contributed by atoms with van der Waals surface area (Å²) in [6, 6.07) is -1.52. The molecule has 0 aromatic heterocycles. The van der Waals surface area contributed by atoms with Crippen LogP contribution >= 0.6 is 0 Å². The Labute approximate surface area is 101 Å². The number of terminal acetylenes is 1. The molecule has 0 fully saturated rings. The Morgan fingerprint density at radius 1 is 1.29 bits per heavy atom. The zero-order valence-electron chi connectivity index (χ0n) is 9.69. The number of carboxylic acid groups (broad SMARTS) is 1. The number of aliphatic carboxylic acids is 1. The van der Waals surface area contributed by atoms with Crippen molar-refractivity contribution in [3.63, 3.8) is 0 Å². The van der Waals surface area contributed by atoms with E-state index in [4.69, 9.17) is 23.0 Å². The number of nitrogens with one attached hydrogen (secondary N) is 1. The molecule has 0 aromatic carbocycles. The van der Waals surface area contributed by atoms with Crippen LogP contribution in [0.15, 0.2) is 0 Å². The maximum absolute atomic E-state index is 11.3. The third-order valence-corrected chi connectivity index (χ3v) is 2.23. The van der Waals surface area contributed by atoms with Gasteiger partial charge in [-0.2, -0.15) is 0 Å². The van der Waals surface area contributed by atoms with Crippen LogP contribution < -0.4 is 16.8 Å². The molecule has 0 radical (unpaired) electrons. The number of carboxylic acids is 1. The van der Waals surface area contributed by atoms with Crippen LogP contribution in [0.4, 0.5) is 0 Å². The highest BCUT2D eigenvalue weighted by atomic mass is 16.4. The summed E-state index contributed by atoms with van der Waals surface area (Å²) in [4.78, 5) is 21.7. The predicted octanol–water partition coefficient (Wildman–Crippen LogP) is -0.965. The van der Waals surface area contributed by atoms with E-state index in [1.807, 2.05) is 0 Å². The fourth-order valence-corrected chi connectivity index (χ4v) is 1.18. The van der Waals surface area contributed by atoms with Gasteiger partial charge < -0.3 is 21.9 Å². The van der Waals surface area contributed by atoms with Gasteiger partial charge in [0.25, 0.3) is 0 Å². The number of carbonyl (C=O) groups is 2. The first-order valence-electron chi connectivity index (χ1n) is 5.44. The van der Waals surface area contributed by atoms with Crippen molar-refractivity contribution in [3.05, 3.63) is 0 Å². The van der Waals surface area contributed by atoms with Gasteiger partial charge in [-0.25, -0.2) is 0 Å². The monoisotopic (exact) mass is 241 g/mol. The van der Waals surface area contributed by atoms with Crippen molar-refractivity contribution in [1.29, 1.82) is 0 Å². The van der Waals surface area contributed by atoms with Crippen molar-refractivity contribution in [3.8, 4) is 12.3 Å². The largest absolute Gasteiger partial charge is 0.480 e. The Balaban J connectivity index is 3.55. The van der Waals surface area contributed by atoms with Gasteiger partial charge in [0.2, 0.25) is 5.91 Å². The van der Waals surface area contributed by atoms with Crippen LogP contribution in [0.1, 0.15) is 25.7 Å². The van der Waals surface area contributed by atoms with Crippen molar-refractivity contribution >= 4 is 11.9 Å². The zero-order valence-corrected chi connectivity index (χ0v) is 9.69. The number of unbranched alkanes of at least 4 members (excludes halogenated alkanes) is 1. The second-order valence-electron chi connectivity index (χ2n) is 3.75. The molecule has 0 aliphatic heterocycles. The molecule has 0 saturated heterocycles. The Bertz CT molecular complexity index is 299. The van der Waals surface area contributed by atoms with E-state index in [1.165, 1.54) is 0 Å². The van der Waals surface area contributed by atoms with Gasteiger partial charge in [-0.3, -0.25) is 9.59 Å². The summed E-state index contributed by atoms with van der Waals surface area (Å²) in [5.41, 5.74) is 10.8. The molecule has 17 heavy (non-hydrogen) atoms. The molecule has 6 nitrogen and oxygen atoms in total. The van der Waals surface area contributed by atoms with E-state index in [9.17, 15) is 9.59 Å². The third kappa shape index (κ3) is 7.33. The van der Waals surface area contributed by atoms with Gasteiger partial charge in [0.05, 0.1) is 6.04 Å². The van der Waals surface area contributed by atoms with E-state index in [1.54, 1.807) is 0 Å². The van der Waals surface area contributed by atoms with E-state index >= 15 is 0 Å². The van der Waals surface area contributed by atoms with Crippen LogP contribution in [0.5, 0.6) is 0 Å². The van der Waals surface area contributed by atoms with E-state index < -0.39 is 18.1 Å². The molecule has 6 heteroatoms. The molecule has 1 amide bonds. The average Bonchev–Trinajstić information content (AvgIpc) is 2.28. The van der Waals surface area contributed by atoms with Crippen LogP contribution in [0.3, 0.4) is 0 Å². The lowest BCUT2D eigenvalue weighted by atomic mass is 10.1. The summed E-state index contributed by atoms with van der Waals surface area (Å²) in [6.45, 7) is 0.448. The summed E-state index contributed by atoms with van der Waals surface area (Å²) in [5, 5.41) is 11.2. The number of amides is 1. The van der Waals surface area contributed by atoms with Crippen LogP contribution in [-0.4, -0.2) is 35.6 Å². The number of rotatable bonds is 8. The first-order valence-corrected chi connectivity index (χ1v) is 5.44. The predicted molar refractivity (Wildman–Crippen MR) is 63.9 cm³/mol. The first-order chi connectivity index (χ1) is 7.99. The van der Waals surface area contributed by atoms with Crippen LogP contribution in [-0.2, 0) is 9.59 Å². The molecular formula is C11H19N3O3. The van der Waals surface area contributed by atoms with Crippen molar-refractivity contribution in [1.82, 2.24) is 5.32 Å². The fourth-order valence-electron chi connectivity index (χ4n) is 1.18. The molecule has 0 aliphatic rings. The molecule has 0 spiro atoms. The SMILES string of the molecule is C#CC[C@@H](N)C(=O)NCCCC[C@H](N)C(=O)O. The molecule has 96 valence electrons. The highest BCUT2D eigenvalue weighted by molar-refractivity contribution is 5.81. The molecule has 0 rings (SSSR count). The minimum Gasteiger partial charge on any atom is -0.480 e. The number of hydrogen-bond acceptors (Lipinski definition) is 4. The maximum Gasteiger partial charge on any atom is 0.320 e. The summed E-state index contributed by atoms with van der Waals surface area (Å²) in [5.74, 6) is 1.01. The third-order valence-electron chi connectivity index (χ3n) is 2.23. The second-order valence-corrected chi connectivity index (χ2v) is 3.75. The quantitative estimate of drug-likeness (QED) is 0.322. The Hall–Kier alpha value is -1.58. The minimum absolute atomic E-state index is 0.204. The molecule has 0 unspecified atom stereocenters. The topological polar surface area (TPSA) is 118 Å². The van der Waals surface area contributed by atoms with Gasteiger partial charge in [-0.15, -0.1) is 12.3 Å². The minimum atomic E-state index is -1.01. The maximum atomic E-state index is 11.3. The van der Waals surface area contributed by atoms with Gasteiger partial charge in [0.15, 0.2) is 0 Å². The van der Waals surface area contributed by atoms with Gasteiger partial charge in [0, 0.05) is 13.0 Å². The Morgan fingerprint density at radius 2 is 1.94 bits per heavy atom. The standard InChI is InChI=1S/C11H19N3O3/c1-2-5-8(12)10(15)14-7-4-3-6-9(13)11(16)17/h1,8-9H,3-7,12-13H2,(H,14,15)(H,16,17)/t8-,9+/m1/s1. The van der Waals surface area contributed by atoms with Crippen LogP contribution in [0.2, 0.25) is 0 Å². The molecule has 6 N–H and O–H groups in total. The van der Waals surface area contributed by atoms with Gasteiger partial charge in [0.1, 0.15) is 6.04 Å². The lowest BCUT2D eigenvalue weighted by Crippen LogP contribution is -2.40. The van der Waals surface area contributed by atoms with Crippen molar-refractivity contribution in [2.75, 3.05) is 6.54 Å². The molecule has 0 bridgehead atoms. The normalized spacial score (nSPS) is 13.5. The van der Waals surface area contributed by atoms with E-state index in [0.29, 0.717) is 25.8 Å². The van der Waals surface area contributed by atoms with Crippen LogP contribution in [0.25, 0.3) is 0 Å². The molecule has 0 heterocycles. The first kappa shape index (κ1) is 15.4. The molecule has 0 aromatic rings. The summed E-state index contributed by atoms with van der Waals surface area (Å²) >= 11 is 0. The fraction of sp³-hybridized carbons (Fsp3) is 0.636. The van der Waals surface area contributed by atoms with Crippen molar-refractivity contribution in [2.24, 2.45) is 11.5 Å². The summed E-state index contributed by atoms with van der Waals surface area (Å²) in [7, 11) is 0. The number of nitrogens with two attached hydrogens (primary N) is 2. The average molecular weight is 241 g/mol. The van der Waals surface area contributed by atoms with Gasteiger partial charge in [-0.05, 0) is 19.3 Å². The molecule has 2 atom stereocenters. The van der Waals surface area contributed by atoms with E-state index in [2.05, 4.69) is 11.2 Å². The Morgan fingerprint density at radius 3 is 2.47 bits per heavy atom. The number of hydrogen-bond donors (Lipinski definition) is 4. The summed E-state index contributed by atoms with van der Waals surface area (Å²) in [6.07, 6.45) is 6.92. The summed E-state index contributed by atoms with van der Waals surface area (Å²) < 4.78 is 0. The molecule has 0 saturated carbocycles. The van der Waals surface area contributed by atoms with Gasteiger partial charge >= 0.3 is 5.97 Å². The Kier molecular flexibility index (Phi) is 7.76. The van der Waals surface area contributed by atoms with Crippen molar-refractivity contribution in [2.45, 2.75) is 37.8 Å². The molecular weight excluding hydrogens is 222 g/mol. The smallest absolute Gasteiger partial charge is 0.320 e. The van der Waals surface area contributed by atoms with E-state index in [-0.39, 0.29) is 12.3 Å². The highest BCUT2D eigenvalue weighted by Crippen LogP contribution is 1.98. The van der Waals surface area contributed by atoms with Crippen LogP contribution in [0, 0.1) is 12.3 Å². The van der Waals surface area contributed by atoms with Gasteiger partial charge in [-0.1, -0.05) is 0 Å². The number of carbonyl (C=O) groups excluding carboxylic acids is 1. The lowest BCUT2D eigenvalue weighted by Gasteiger charge is -2.10. The highest BCUT2D eigenvalue weighted by Gasteiger charge is 2.12. The second kappa shape index (κ2) is 8.56. The van der Waals surface area contributed by atoms with E-state index in [0.717, 1.165) is 0 Å². The van der Waals surface area contributed by atoms with Crippen molar-refractivity contribution < 1.29 is 14.7 Å². The molecule has 0 aliphatic carbocycles. The lowest BCUT2D eigenvalue weighted by molar-refractivity contribution is -0.138.